The smallest absolute Gasteiger partial charge is 0.345 e. The minimum Gasteiger partial charge on any atom is -0.477 e. The first-order valence-corrected chi connectivity index (χ1v) is 8.00. The Labute approximate surface area is 116 Å². The van der Waals surface area contributed by atoms with E-state index in [0.717, 1.165) is 28.7 Å². The van der Waals surface area contributed by atoms with Crippen LogP contribution in [0.2, 0.25) is 0 Å². The van der Waals surface area contributed by atoms with Gasteiger partial charge >= 0.3 is 5.97 Å². The van der Waals surface area contributed by atoms with Crippen LogP contribution < -0.4 is 4.72 Å². The number of nitrogens with zero attached hydrogens (tertiary/aromatic N) is 1. The number of thiophene rings is 2. The van der Waals surface area contributed by atoms with Crippen molar-refractivity contribution < 1.29 is 18.3 Å². The molecule has 0 spiro atoms. The van der Waals surface area contributed by atoms with Crippen molar-refractivity contribution >= 4 is 43.7 Å². The summed E-state index contributed by atoms with van der Waals surface area (Å²) < 4.78 is 26.3. The van der Waals surface area contributed by atoms with Crippen molar-refractivity contribution in [3.8, 4) is 6.07 Å². The van der Waals surface area contributed by atoms with Crippen LogP contribution in [0.25, 0.3) is 0 Å². The molecule has 0 amide bonds. The Bertz CT molecular complexity index is 767. The third-order valence-electron chi connectivity index (χ3n) is 2.11. The molecule has 0 unspecified atom stereocenters. The van der Waals surface area contributed by atoms with Crippen molar-refractivity contribution in [3.05, 3.63) is 33.3 Å². The highest BCUT2D eigenvalue weighted by molar-refractivity contribution is 7.93. The third kappa shape index (κ3) is 2.76. The summed E-state index contributed by atoms with van der Waals surface area (Å²) in [5, 5.41) is 20.6. The van der Waals surface area contributed by atoms with Crippen LogP contribution in [0.4, 0.5) is 5.00 Å². The fraction of sp³-hybridized carbons (Fsp3) is 0. The van der Waals surface area contributed by atoms with Crippen LogP contribution in [0.5, 0.6) is 0 Å². The molecule has 0 aromatic carbocycles. The molecule has 2 heterocycles. The molecule has 9 heteroatoms. The molecule has 0 fully saturated rings. The van der Waals surface area contributed by atoms with Gasteiger partial charge in [0.25, 0.3) is 10.0 Å². The molecule has 0 radical (unpaired) electrons. The van der Waals surface area contributed by atoms with E-state index in [9.17, 15) is 13.2 Å². The highest BCUT2D eigenvalue weighted by Gasteiger charge is 2.20. The van der Waals surface area contributed by atoms with Crippen molar-refractivity contribution in [1.82, 2.24) is 0 Å². The molecule has 6 nitrogen and oxygen atoms in total. The van der Waals surface area contributed by atoms with Gasteiger partial charge in [-0.25, -0.2) is 13.2 Å². The molecule has 0 bridgehead atoms. The Hall–Kier alpha value is -1.89. The molecule has 0 saturated heterocycles. The SMILES string of the molecule is N#Cc1ccsc1NS(=O)(=O)c1csc(C(=O)O)c1. The molecule has 0 aliphatic carbocycles. The van der Waals surface area contributed by atoms with Crippen molar-refractivity contribution in [2.75, 3.05) is 4.72 Å². The zero-order chi connectivity index (χ0) is 14.0. The molecule has 2 aromatic rings. The van der Waals surface area contributed by atoms with E-state index < -0.39 is 16.0 Å². The van der Waals surface area contributed by atoms with Gasteiger partial charge in [-0.15, -0.1) is 22.7 Å². The lowest BCUT2D eigenvalue weighted by molar-refractivity contribution is 0.0702. The molecule has 0 aliphatic heterocycles. The van der Waals surface area contributed by atoms with Crippen molar-refractivity contribution in [2.24, 2.45) is 0 Å². The molecule has 19 heavy (non-hydrogen) atoms. The number of sulfonamides is 1. The summed E-state index contributed by atoms with van der Waals surface area (Å²) in [7, 11) is -3.87. The summed E-state index contributed by atoms with van der Waals surface area (Å²) in [6.45, 7) is 0. The first kappa shape index (κ1) is 13.5. The number of carbonyl (C=O) groups is 1. The van der Waals surface area contributed by atoms with Gasteiger partial charge in [-0.05, 0) is 17.5 Å². The number of rotatable bonds is 4. The number of aromatic carboxylic acids is 1. The quantitative estimate of drug-likeness (QED) is 0.899. The van der Waals surface area contributed by atoms with Gasteiger partial charge in [0, 0.05) is 5.38 Å². The van der Waals surface area contributed by atoms with E-state index in [1.165, 1.54) is 11.4 Å². The van der Waals surface area contributed by atoms with Crippen LogP contribution in [0, 0.1) is 11.3 Å². The van der Waals surface area contributed by atoms with Crippen LogP contribution >= 0.6 is 22.7 Å². The van der Waals surface area contributed by atoms with E-state index in [-0.39, 0.29) is 20.3 Å². The Morgan fingerprint density at radius 1 is 1.42 bits per heavy atom. The number of anilines is 1. The van der Waals surface area contributed by atoms with E-state index in [0.29, 0.717) is 0 Å². The zero-order valence-corrected chi connectivity index (χ0v) is 11.6. The second-order valence-corrected chi connectivity index (χ2v) is 6.84. The molecule has 0 aliphatic rings. The normalized spacial score (nSPS) is 10.9. The molecule has 2 rings (SSSR count). The minimum absolute atomic E-state index is 0.0629. The van der Waals surface area contributed by atoms with Gasteiger partial charge < -0.3 is 5.11 Å². The Kier molecular flexibility index (Phi) is 3.57. The predicted molar refractivity (Wildman–Crippen MR) is 71.1 cm³/mol. The zero-order valence-electron chi connectivity index (χ0n) is 9.15. The van der Waals surface area contributed by atoms with Gasteiger partial charge in [0.2, 0.25) is 0 Å². The minimum atomic E-state index is -3.87. The fourth-order valence-corrected chi connectivity index (χ4v) is 4.41. The van der Waals surface area contributed by atoms with Crippen LogP contribution in [0.3, 0.4) is 0 Å². The maximum Gasteiger partial charge on any atom is 0.345 e. The summed E-state index contributed by atoms with van der Waals surface area (Å²) in [4.78, 5) is 10.5. The van der Waals surface area contributed by atoms with Gasteiger partial charge in [0.1, 0.15) is 15.9 Å². The number of carboxylic acid groups (broad SMARTS) is 1. The highest BCUT2D eigenvalue weighted by atomic mass is 32.2. The summed E-state index contributed by atoms with van der Waals surface area (Å²) in [6.07, 6.45) is 0. The van der Waals surface area contributed by atoms with E-state index >= 15 is 0 Å². The number of hydrogen-bond donors (Lipinski definition) is 2. The Balaban J connectivity index is 2.33. The van der Waals surface area contributed by atoms with E-state index in [1.54, 1.807) is 5.38 Å². The molecular weight excluding hydrogens is 308 g/mol. The van der Waals surface area contributed by atoms with Gasteiger partial charge in [-0.3, -0.25) is 4.72 Å². The summed E-state index contributed by atoms with van der Waals surface area (Å²) in [6, 6.07) is 4.44. The lowest BCUT2D eigenvalue weighted by atomic mass is 10.4. The molecule has 2 aromatic heterocycles. The van der Waals surface area contributed by atoms with Crippen LogP contribution in [0.15, 0.2) is 27.8 Å². The average molecular weight is 314 g/mol. The number of nitriles is 1. The van der Waals surface area contributed by atoms with Crippen molar-refractivity contribution in [1.29, 1.82) is 5.26 Å². The molecule has 98 valence electrons. The lowest BCUT2D eigenvalue weighted by Gasteiger charge is -2.03. The molecule has 2 N–H and O–H groups in total. The molecule has 0 saturated carbocycles. The lowest BCUT2D eigenvalue weighted by Crippen LogP contribution is -2.11. The summed E-state index contributed by atoms with van der Waals surface area (Å²) in [5.74, 6) is -1.18. The van der Waals surface area contributed by atoms with Crippen molar-refractivity contribution in [2.45, 2.75) is 4.90 Å². The number of hydrogen-bond acceptors (Lipinski definition) is 6. The average Bonchev–Trinajstić information content (AvgIpc) is 2.95. The second-order valence-electron chi connectivity index (χ2n) is 3.33. The highest BCUT2D eigenvalue weighted by Crippen LogP contribution is 2.27. The Morgan fingerprint density at radius 2 is 2.16 bits per heavy atom. The maximum absolute atomic E-state index is 12.0. The van der Waals surface area contributed by atoms with Crippen LogP contribution in [0.1, 0.15) is 15.2 Å². The van der Waals surface area contributed by atoms with Crippen LogP contribution in [-0.2, 0) is 10.0 Å². The molecule has 0 atom stereocenters. The Morgan fingerprint density at radius 3 is 2.74 bits per heavy atom. The van der Waals surface area contributed by atoms with Gasteiger partial charge in [0.15, 0.2) is 0 Å². The van der Waals surface area contributed by atoms with Crippen LogP contribution in [-0.4, -0.2) is 19.5 Å². The topological polar surface area (TPSA) is 107 Å². The first-order chi connectivity index (χ1) is 8.94. The second kappa shape index (κ2) is 5.00. The number of carboxylic acids is 1. The van der Waals surface area contributed by atoms with Crippen molar-refractivity contribution in [3.63, 3.8) is 0 Å². The fourth-order valence-electron chi connectivity index (χ4n) is 1.23. The maximum atomic E-state index is 12.0. The van der Waals surface area contributed by atoms with E-state index in [4.69, 9.17) is 10.4 Å². The molecular formula is C10H6N2O4S3. The van der Waals surface area contributed by atoms with Gasteiger partial charge in [0.05, 0.1) is 10.5 Å². The predicted octanol–water partition coefficient (Wildman–Crippen LogP) is 2.18. The van der Waals surface area contributed by atoms with Gasteiger partial charge in [-0.2, -0.15) is 5.26 Å². The summed E-state index contributed by atoms with van der Waals surface area (Å²) in [5.41, 5.74) is 0.224. The third-order valence-corrected chi connectivity index (χ3v) is 5.46. The monoisotopic (exact) mass is 314 g/mol. The van der Waals surface area contributed by atoms with E-state index in [1.807, 2.05) is 6.07 Å². The van der Waals surface area contributed by atoms with Gasteiger partial charge in [-0.1, -0.05) is 0 Å². The standard InChI is InChI=1S/C10H6N2O4S3/c11-4-6-1-2-17-9(6)12-19(15,16)7-3-8(10(13)14)18-5-7/h1-3,5,12H,(H,13,14). The first-order valence-electron chi connectivity index (χ1n) is 4.76. The number of nitrogens with one attached hydrogen (secondary N) is 1. The summed E-state index contributed by atoms with van der Waals surface area (Å²) >= 11 is 1.91. The largest absolute Gasteiger partial charge is 0.477 e. The van der Waals surface area contributed by atoms with E-state index in [2.05, 4.69) is 4.72 Å².